The number of benzene rings is 1. The molecule has 0 amide bonds. The zero-order valence-electron chi connectivity index (χ0n) is 11.3. The number of halogens is 1. The minimum absolute atomic E-state index is 0.292. The van der Waals surface area contributed by atoms with Crippen LogP contribution in [0.3, 0.4) is 0 Å². The van der Waals surface area contributed by atoms with Crippen molar-refractivity contribution in [1.29, 1.82) is 0 Å². The van der Waals surface area contributed by atoms with Crippen molar-refractivity contribution in [2.45, 2.75) is 58.3 Å². The molecule has 1 nitrogen and oxygen atoms in total. The highest BCUT2D eigenvalue weighted by Crippen LogP contribution is 2.13. The molecule has 0 aromatic heterocycles. The molecule has 0 bridgehead atoms. The molecule has 0 aliphatic carbocycles. The summed E-state index contributed by atoms with van der Waals surface area (Å²) in [6, 6.07) is 7.87. The summed E-state index contributed by atoms with van der Waals surface area (Å²) in [7, 11) is 0. The first-order valence-electron chi connectivity index (χ1n) is 7.03. The minimum atomic E-state index is 0.292. The zero-order chi connectivity index (χ0) is 13.2. The van der Waals surface area contributed by atoms with E-state index in [2.05, 4.69) is 29.5 Å². The molecule has 0 saturated carbocycles. The number of hydrogen-bond donors (Lipinski definition) is 0. The summed E-state index contributed by atoms with van der Waals surface area (Å²) in [5, 5.41) is 0. The van der Waals surface area contributed by atoms with Crippen LogP contribution in [0.2, 0.25) is 0 Å². The van der Waals surface area contributed by atoms with Crippen LogP contribution >= 0.6 is 22.6 Å². The highest BCUT2D eigenvalue weighted by Gasteiger charge is 2.04. The van der Waals surface area contributed by atoms with Gasteiger partial charge in [0, 0.05) is 15.6 Å². The predicted molar refractivity (Wildman–Crippen MR) is 86.1 cm³/mol. The highest BCUT2D eigenvalue weighted by atomic mass is 127. The molecule has 1 rings (SSSR count). The van der Waals surface area contributed by atoms with Gasteiger partial charge in [0.2, 0.25) is 0 Å². The maximum Gasteiger partial charge on any atom is 0.162 e. The van der Waals surface area contributed by atoms with Gasteiger partial charge in [-0.15, -0.1) is 0 Å². The monoisotopic (exact) mass is 358 g/mol. The molecular weight excluding hydrogens is 335 g/mol. The van der Waals surface area contributed by atoms with E-state index < -0.39 is 0 Å². The normalized spacial score (nSPS) is 10.6. The van der Waals surface area contributed by atoms with E-state index in [4.69, 9.17) is 0 Å². The maximum absolute atomic E-state index is 11.9. The van der Waals surface area contributed by atoms with Gasteiger partial charge in [0.15, 0.2) is 5.78 Å². The molecule has 1 aromatic rings. The molecule has 100 valence electrons. The third kappa shape index (κ3) is 6.53. The molecule has 2 heteroatoms. The third-order valence-electron chi connectivity index (χ3n) is 3.17. The van der Waals surface area contributed by atoms with Crippen LogP contribution in [0.4, 0.5) is 0 Å². The van der Waals surface area contributed by atoms with Crippen LogP contribution in [0, 0.1) is 3.57 Å². The molecule has 0 saturated heterocycles. The fraction of sp³-hybridized carbons (Fsp3) is 0.562. The Labute approximate surface area is 125 Å². The maximum atomic E-state index is 11.9. The van der Waals surface area contributed by atoms with Crippen LogP contribution in [-0.2, 0) is 0 Å². The lowest BCUT2D eigenvalue weighted by atomic mass is 10.0. The molecule has 0 fully saturated rings. The molecule has 0 aliphatic heterocycles. The standard InChI is InChI=1S/C16H23IO/c1-2-3-4-5-6-7-8-9-16(18)14-10-12-15(17)13-11-14/h10-13H,2-9H2,1H3. The van der Waals surface area contributed by atoms with Gasteiger partial charge >= 0.3 is 0 Å². The fourth-order valence-corrected chi connectivity index (χ4v) is 2.38. The Balaban J connectivity index is 2.12. The van der Waals surface area contributed by atoms with E-state index >= 15 is 0 Å². The van der Waals surface area contributed by atoms with Crippen LogP contribution in [0.25, 0.3) is 0 Å². The lowest BCUT2D eigenvalue weighted by Gasteiger charge is -2.02. The molecule has 0 unspecified atom stereocenters. The van der Waals surface area contributed by atoms with Crippen molar-refractivity contribution >= 4 is 28.4 Å². The van der Waals surface area contributed by atoms with E-state index in [0.29, 0.717) is 12.2 Å². The number of ketones is 1. The summed E-state index contributed by atoms with van der Waals surface area (Å²) in [5.74, 6) is 0.292. The van der Waals surface area contributed by atoms with Crippen LogP contribution in [-0.4, -0.2) is 5.78 Å². The fourth-order valence-electron chi connectivity index (χ4n) is 2.02. The number of hydrogen-bond acceptors (Lipinski definition) is 1. The molecule has 0 N–H and O–H groups in total. The van der Waals surface area contributed by atoms with E-state index in [9.17, 15) is 4.79 Å². The van der Waals surface area contributed by atoms with Crippen LogP contribution in [0.1, 0.15) is 68.6 Å². The zero-order valence-corrected chi connectivity index (χ0v) is 13.4. The van der Waals surface area contributed by atoms with Crippen molar-refractivity contribution in [1.82, 2.24) is 0 Å². The van der Waals surface area contributed by atoms with Gasteiger partial charge in [0.25, 0.3) is 0 Å². The second-order valence-corrected chi connectivity index (χ2v) is 6.05. The summed E-state index contributed by atoms with van der Waals surface area (Å²) < 4.78 is 1.18. The van der Waals surface area contributed by atoms with E-state index in [0.717, 1.165) is 12.0 Å². The van der Waals surface area contributed by atoms with Gasteiger partial charge in [-0.25, -0.2) is 0 Å². The smallest absolute Gasteiger partial charge is 0.162 e. The van der Waals surface area contributed by atoms with Crippen molar-refractivity contribution in [3.8, 4) is 0 Å². The Bertz CT molecular complexity index is 343. The largest absolute Gasteiger partial charge is 0.294 e. The molecule has 0 radical (unpaired) electrons. The number of Topliss-reactive ketones (excluding diaryl/α,β-unsaturated/α-hetero) is 1. The van der Waals surface area contributed by atoms with Gasteiger partial charge < -0.3 is 0 Å². The predicted octanol–water partition coefficient (Wildman–Crippen LogP) is 5.61. The first-order chi connectivity index (χ1) is 8.74. The number of carbonyl (C=O) groups is 1. The molecule has 0 spiro atoms. The van der Waals surface area contributed by atoms with Crippen LogP contribution < -0.4 is 0 Å². The summed E-state index contributed by atoms with van der Waals surface area (Å²) in [4.78, 5) is 11.9. The average molecular weight is 358 g/mol. The van der Waals surface area contributed by atoms with Gasteiger partial charge in [0.05, 0.1) is 0 Å². The van der Waals surface area contributed by atoms with Crippen molar-refractivity contribution < 1.29 is 4.79 Å². The summed E-state index contributed by atoms with van der Waals surface area (Å²) in [5.41, 5.74) is 0.862. The molecule has 0 atom stereocenters. The van der Waals surface area contributed by atoms with Crippen molar-refractivity contribution in [3.63, 3.8) is 0 Å². The molecule has 1 aromatic carbocycles. The number of rotatable bonds is 9. The van der Waals surface area contributed by atoms with Crippen molar-refractivity contribution in [3.05, 3.63) is 33.4 Å². The third-order valence-corrected chi connectivity index (χ3v) is 3.89. The molecule has 0 aliphatic rings. The molecule has 18 heavy (non-hydrogen) atoms. The topological polar surface area (TPSA) is 17.1 Å². The lowest BCUT2D eigenvalue weighted by Crippen LogP contribution is -1.98. The van der Waals surface area contributed by atoms with E-state index in [-0.39, 0.29) is 0 Å². The Hall–Kier alpha value is -0.380. The SMILES string of the molecule is CCCCCCCCCC(=O)c1ccc(I)cc1. The quantitative estimate of drug-likeness (QED) is 0.318. The highest BCUT2D eigenvalue weighted by molar-refractivity contribution is 14.1. The Morgan fingerprint density at radius 3 is 2.11 bits per heavy atom. The Kier molecular flexibility index (Phi) is 8.31. The molecular formula is C16H23IO. The molecule has 0 heterocycles. The van der Waals surface area contributed by atoms with Gasteiger partial charge in [-0.05, 0) is 41.1 Å². The Morgan fingerprint density at radius 1 is 0.944 bits per heavy atom. The first kappa shape index (κ1) is 15.7. The van der Waals surface area contributed by atoms with Crippen molar-refractivity contribution in [2.75, 3.05) is 0 Å². The van der Waals surface area contributed by atoms with Crippen LogP contribution in [0.5, 0.6) is 0 Å². The van der Waals surface area contributed by atoms with E-state index in [1.165, 1.54) is 42.1 Å². The summed E-state index contributed by atoms with van der Waals surface area (Å²) in [6.45, 7) is 2.24. The Morgan fingerprint density at radius 2 is 1.50 bits per heavy atom. The number of unbranched alkanes of at least 4 members (excludes halogenated alkanes) is 6. The second kappa shape index (κ2) is 9.54. The van der Waals surface area contributed by atoms with Gasteiger partial charge in [-0.3, -0.25) is 4.79 Å². The first-order valence-corrected chi connectivity index (χ1v) is 8.10. The second-order valence-electron chi connectivity index (χ2n) is 4.80. The average Bonchev–Trinajstić information content (AvgIpc) is 2.38. The summed E-state index contributed by atoms with van der Waals surface area (Å²) in [6.07, 6.45) is 9.53. The van der Waals surface area contributed by atoms with E-state index in [1.807, 2.05) is 24.3 Å². The lowest BCUT2D eigenvalue weighted by molar-refractivity contribution is 0.0979. The van der Waals surface area contributed by atoms with E-state index in [1.54, 1.807) is 0 Å². The van der Waals surface area contributed by atoms with Crippen LogP contribution in [0.15, 0.2) is 24.3 Å². The van der Waals surface area contributed by atoms with Gasteiger partial charge in [-0.1, -0.05) is 57.6 Å². The van der Waals surface area contributed by atoms with Gasteiger partial charge in [0.1, 0.15) is 0 Å². The van der Waals surface area contributed by atoms with Crippen molar-refractivity contribution in [2.24, 2.45) is 0 Å². The minimum Gasteiger partial charge on any atom is -0.294 e. The van der Waals surface area contributed by atoms with Gasteiger partial charge in [-0.2, -0.15) is 0 Å². The summed E-state index contributed by atoms with van der Waals surface area (Å²) >= 11 is 2.26. The number of carbonyl (C=O) groups excluding carboxylic acids is 1.